The van der Waals surface area contributed by atoms with E-state index in [9.17, 15) is 14.4 Å². The molecule has 0 saturated heterocycles. The van der Waals surface area contributed by atoms with Crippen molar-refractivity contribution in [3.63, 3.8) is 0 Å². The molecular formula is C29H29N3O4S. The minimum Gasteiger partial charge on any atom is -0.467 e. The highest BCUT2D eigenvalue weighted by molar-refractivity contribution is 7.12. The summed E-state index contributed by atoms with van der Waals surface area (Å²) in [4.78, 5) is 42.1. The Balaban J connectivity index is 1.71. The molecule has 37 heavy (non-hydrogen) atoms. The molecule has 0 bridgehead atoms. The van der Waals surface area contributed by atoms with E-state index in [4.69, 9.17) is 4.42 Å². The van der Waals surface area contributed by atoms with E-state index in [-0.39, 0.29) is 24.9 Å². The van der Waals surface area contributed by atoms with Gasteiger partial charge in [-0.2, -0.15) is 0 Å². The first-order valence-corrected chi connectivity index (χ1v) is 12.8. The van der Waals surface area contributed by atoms with Gasteiger partial charge in [0.1, 0.15) is 11.8 Å². The van der Waals surface area contributed by atoms with Crippen molar-refractivity contribution < 1.29 is 18.8 Å². The summed E-state index contributed by atoms with van der Waals surface area (Å²) in [6.45, 7) is 5.70. The van der Waals surface area contributed by atoms with Crippen LogP contribution in [0.1, 0.15) is 43.7 Å². The highest BCUT2D eigenvalue weighted by Crippen LogP contribution is 2.31. The zero-order valence-electron chi connectivity index (χ0n) is 21.0. The Morgan fingerprint density at radius 3 is 2.35 bits per heavy atom. The molecule has 0 radical (unpaired) electrons. The number of carbonyl (C=O) groups is 3. The van der Waals surface area contributed by atoms with E-state index < -0.39 is 11.9 Å². The maximum Gasteiger partial charge on any atom is 0.261 e. The van der Waals surface area contributed by atoms with E-state index in [0.29, 0.717) is 21.9 Å². The third-order valence-corrected chi connectivity index (χ3v) is 6.82. The topological polar surface area (TPSA) is 91.7 Å². The van der Waals surface area contributed by atoms with Gasteiger partial charge in [-0.25, -0.2) is 0 Å². The van der Waals surface area contributed by atoms with E-state index in [1.807, 2.05) is 63.2 Å². The summed E-state index contributed by atoms with van der Waals surface area (Å²) >= 11 is 1.30. The van der Waals surface area contributed by atoms with E-state index in [1.165, 1.54) is 16.2 Å². The van der Waals surface area contributed by atoms with Crippen molar-refractivity contribution in [2.45, 2.75) is 33.4 Å². The number of carbonyl (C=O) groups excluding carboxylic acids is 3. The first kappa shape index (κ1) is 25.9. The minimum atomic E-state index is -0.970. The van der Waals surface area contributed by atoms with Crippen LogP contribution < -0.4 is 15.5 Å². The van der Waals surface area contributed by atoms with Crippen LogP contribution in [0.25, 0.3) is 0 Å². The molecule has 190 valence electrons. The number of thiophene rings is 1. The molecule has 0 aliphatic heterocycles. The lowest BCUT2D eigenvalue weighted by Crippen LogP contribution is -2.47. The fourth-order valence-electron chi connectivity index (χ4n) is 3.98. The zero-order chi connectivity index (χ0) is 26.4. The van der Waals surface area contributed by atoms with Gasteiger partial charge in [-0.1, -0.05) is 48.0 Å². The molecule has 2 aromatic carbocycles. The first-order valence-electron chi connectivity index (χ1n) is 11.9. The molecule has 7 nitrogen and oxygen atoms in total. The number of amides is 3. The lowest BCUT2D eigenvalue weighted by molar-refractivity contribution is -0.126. The molecule has 1 unspecified atom stereocenters. The number of nitrogens with one attached hydrogen (secondary N) is 2. The third kappa shape index (κ3) is 6.34. The van der Waals surface area contributed by atoms with Gasteiger partial charge in [0.05, 0.1) is 24.2 Å². The molecule has 8 heteroatoms. The highest BCUT2D eigenvalue weighted by atomic mass is 32.1. The lowest BCUT2D eigenvalue weighted by atomic mass is 10.00. The second-order valence-electron chi connectivity index (χ2n) is 8.82. The average molecular weight is 516 g/mol. The van der Waals surface area contributed by atoms with E-state index >= 15 is 0 Å². The van der Waals surface area contributed by atoms with Crippen LogP contribution in [0.3, 0.4) is 0 Å². The fourth-order valence-corrected chi connectivity index (χ4v) is 4.62. The van der Waals surface area contributed by atoms with Crippen LogP contribution in [0.5, 0.6) is 0 Å². The Bertz CT molecular complexity index is 1360. The first-order chi connectivity index (χ1) is 17.8. The Morgan fingerprint density at radius 2 is 1.68 bits per heavy atom. The lowest BCUT2D eigenvalue weighted by Gasteiger charge is -2.33. The van der Waals surface area contributed by atoms with Crippen molar-refractivity contribution in [2.24, 2.45) is 0 Å². The summed E-state index contributed by atoms with van der Waals surface area (Å²) in [5, 5.41) is 7.43. The van der Waals surface area contributed by atoms with E-state index in [2.05, 4.69) is 10.6 Å². The largest absolute Gasteiger partial charge is 0.467 e. The molecule has 0 saturated carbocycles. The van der Waals surface area contributed by atoms with Crippen LogP contribution in [0.4, 0.5) is 5.69 Å². The van der Waals surface area contributed by atoms with Crippen molar-refractivity contribution in [2.75, 3.05) is 11.4 Å². The van der Waals surface area contributed by atoms with E-state index in [0.717, 1.165) is 16.7 Å². The predicted molar refractivity (Wildman–Crippen MR) is 145 cm³/mol. The molecule has 2 heterocycles. The van der Waals surface area contributed by atoms with E-state index in [1.54, 1.807) is 35.9 Å². The van der Waals surface area contributed by atoms with Crippen molar-refractivity contribution >= 4 is 34.7 Å². The standard InChI is InChI=1S/C29H29N3O4S/c1-19-9-12-22(13-10-19)27(29(35)30-17-23-6-4-14-36-23)32(24-16-20(2)8-11-21(24)3)26(33)18-31-28(34)25-7-5-15-37-25/h4-16,27H,17-18H2,1-3H3,(H,30,35)(H,31,34). The van der Waals surface area contributed by atoms with Crippen molar-refractivity contribution in [3.8, 4) is 0 Å². The number of furan rings is 1. The average Bonchev–Trinajstić information content (AvgIpc) is 3.61. The molecule has 0 fully saturated rings. The van der Waals surface area contributed by atoms with Gasteiger partial charge in [0.2, 0.25) is 11.8 Å². The monoisotopic (exact) mass is 515 g/mol. The Morgan fingerprint density at radius 1 is 0.919 bits per heavy atom. The van der Waals surface area contributed by atoms with Crippen LogP contribution in [0.2, 0.25) is 0 Å². The number of anilines is 1. The summed E-state index contributed by atoms with van der Waals surface area (Å²) in [5.74, 6) is -0.501. The predicted octanol–water partition coefficient (Wildman–Crippen LogP) is 5.09. The molecule has 0 aliphatic carbocycles. The molecule has 4 aromatic rings. The van der Waals surface area contributed by atoms with Gasteiger partial charge in [0.15, 0.2) is 0 Å². The summed E-state index contributed by atoms with van der Waals surface area (Å²) in [6, 6.07) is 19.3. The molecular weight excluding hydrogens is 486 g/mol. The Labute approximate surface area is 220 Å². The van der Waals surface area contributed by atoms with Gasteiger partial charge in [-0.05, 0) is 67.1 Å². The van der Waals surface area contributed by atoms with Gasteiger partial charge in [-0.15, -0.1) is 11.3 Å². The summed E-state index contributed by atoms with van der Waals surface area (Å²) in [5.41, 5.74) is 4.07. The van der Waals surface area contributed by atoms with Gasteiger partial charge >= 0.3 is 0 Å². The number of aryl methyl sites for hydroxylation is 3. The normalized spacial score (nSPS) is 11.5. The smallest absolute Gasteiger partial charge is 0.261 e. The Hall–Kier alpha value is -4.17. The van der Waals surface area contributed by atoms with Crippen LogP contribution in [-0.4, -0.2) is 24.3 Å². The summed E-state index contributed by atoms with van der Waals surface area (Å²) in [7, 11) is 0. The van der Waals surface area contributed by atoms with Crippen molar-refractivity contribution in [3.05, 3.63) is 111 Å². The van der Waals surface area contributed by atoms with Crippen LogP contribution >= 0.6 is 11.3 Å². The number of hydrogen-bond donors (Lipinski definition) is 2. The number of hydrogen-bond acceptors (Lipinski definition) is 5. The summed E-state index contributed by atoms with van der Waals surface area (Å²) < 4.78 is 5.37. The highest BCUT2D eigenvalue weighted by Gasteiger charge is 2.34. The molecule has 0 spiro atoms. The van der Waals surface area contributed by atoms with Gasteiger partial charge in [-0.3, -0.25) is 19.3 Å². The molecule has 0 aliphatic rings. The Kier molecular flexibility index (Phi) is 8.20. The summed E-state index contributed by atoms with van der Waals surface area (Å²) in [6.07, 6.45) is 1.54. The van der Waals surface area contributed by atoms with Crippen LogP contribution in [0.15, 0.2) is 82.8 Å². The minimum absolute atomic E-state index is 0.179. The van der Waals surface area contributed by atoms with Gasteiger partial charge < -0.3 is 15.1 Å². The second-order valence-corrected chi connectivity index (χ2v) is 9.77. The van der Waals surface area contributed by atoms with Gasteiger partial charge in [0, 0.05) is 5.69 Å². The molecule has 4 rings (SSSR count). The second kappa shape index (κ2) is 11.7. The van der Waals surface area contributed by atoms with Crippen LogP contribution in [0, 0.1) is 20.8 Å². The van der Waals surface area contributed by atoms with Crippen molar-refractivity contribution in [1.82, 2.24) is 10.6 Å². The molecule has 3 amide bonds. The number of rotatable bonds is 9. The number of benzene rings is 2. The SMILES string of the molecule is Cc1ccc(C(C(=O)NCc2ccco2)N(C(=O)CNC(=O)c2cccs2)c2cc(C)ccc2C)cc1. The quantitative estimate of drug-likeness (QED) is 0.325. The maximum absolute atomic E-state index is 13.8. The molecule has 2 N–H and O–H groups in total. The van der Waals surface area contributed by atoms with Gasteiger partial charge in [0.25, 0.3) is 5.91 Å². The molecule has 1 atom stereocenters. The third-order valence-electron chi connectivity index (χ3n) is 5.95. The zero-order valence-corrected chi connectivity index (χ0v) is 21.8. The number of nitrogens with zero attached hydrogens (tertiary/aromatic N) is 1. The maximum atomic E-state index is 13.8. The molecule has 2 aromatic heterocycles. The fraction of sp³-hybridized carbons (Fsp3) is 0.207. The van der Waals surface area contributed by atoms with Crippen LogP contribution in [-0.2, 0) is 16.1 Å². The van der Waals surface area contributed by atoms with Crippen molar-refractivity contribution in [1.29, 1.82) is 0 Å².